The molecule has 0 bridgehead atoms. The zero-order valence-corrected chi connectivity index (χ0v) is 11.5. The number of nitrogens with one attached hydrogen (secondary N) is 1. The van der Waals surface area contributed by atoms with E-state index in [4.69, 9.17) is 0 Å². The zero-order valence-electron chi connectivity index (χ0n) is 10.7. The van der Waals surface area contributed by atoms with Crippen molar-refractivity contribution >= 4 is 22.4 Å². The van der Waals surface area contributed by atoms with Crippen molar-refractivity contribution in [3.63, 3.8) is 0 Å². The highest BCUT2D eigenvalue weighted by molar-refractivity contribution is 7.13. The Morgan fingerprint density at radius 1 is 1.44 bits per heavy atom. The van der Waals surface area contributed by atoms with Crippen molar-refractivity contribution in [2.45, 2.75) is 53.4 Å². The third kappa shape index (κ3) is 6.56. The Hall–Kier alpha value is -0.900. The fourth-order valence-electron chi connectivity index (χ4n) is 1.13. The van der Waals surface area contributed by atoms with E-state index in [-0.39, 0.29) is 5.91 Å². The van der Waals surface area contributed by atoms with Crippen molar-refractivity contribution in [1.29, 1.82) is 0 Å². The second-order valence-corrected chi connectivity index (χ2v) is 4.16. The van der Waals surface area contributed by atoms with Gasteiger partial charge >= 0.3 is 0 Å². The van der Waals surface area contributed by atoms with E-state index < -0.39 is 0 Å². The van der Waals surface area contributed by atoms with E-state index in [1.807, 2.05) is 26.2 Å². The first-order chi connectivity index (χ1) is 7.72. The molecule has 0 saturated carbocycles. The van der Waals surface area contributed by atoms with Crippen LogP contribution in [-0.4, -0.2) is 10.9 Å². The topological polar surface area (TPSA) is 42.0 Å². The van der Waals surface area contributed by atoms with Gasteiger partial charge in [-0.05, 0) is 13.3 Å². The molecule has 4 heteroatoms. The number of carbonyl (C=O) groups excluding carboxylic acids is 1. The van der Waals surface area contributed by atoms with Gasteiger partial charge in [-0.15, -0.1) is 11.3 Å². The summed E-state index contributed by atoms with van der Waals surface area (Å²) in [5, 5.41) is 5.43. The van der Waals surface area contributed by atoms with Gasteiger partial charge < -0.3 is 5.32 Å². The predicted molar refractivity (Wildman–Crippen MR) is 71.0 cm³/mol. The Bertz CT molecular complexity index is 297. The maximum Gasteiger partial charge on any atom is 0.226 e. The molecule has 0 unspecified atom stereocenters. The van der Waals surface area contributed by atoms with Gasteiger partial charge in [0.05, 0.1) is 5.69 Å². The van der Waals surface area contributed by atoms with Crippen LogP contribution in [0.4, 0.5) is 5.13 Å². The van der Waals surface area contributed by atoms with Crippen LogP contribution in [0.5, 0.6) is 0 Å². The molecule has 1 amide bonds. The van der Waals surface area contributed by atoms with E-state index in [2.05, 4.69) is 17.2 Å². The lowest BCUT2D eigenvalue weighted by molar-refractivity contribution is -0.116. The fourth-order valence-corrected chi connectivity index (χ4v) is 1.83. The lowest BCUT2D eigenvalue weighted by atomic mass is 10.2. The first-order valence-electron chi connectivity index (χ1n) is 5.94. The molecular weight excluding hydrogens is 220 g/mol. The van der Waals surface area contributed by atoms with Crippen molar-refractivity contribution in [3.8, 4) is 0 Å². The maximum atomic E-state index is 11.4. The van der Waals surface area contributed by atoms with E-state index in [1.54, 1.807) is 0 Å². The summed E-state index contributed by atoms with van der Waals surface area (Å²) in [6.45, 7) is 8.05. The third-order valence-corrected chi connectivity index (χ3v) is 2.75. The molecule has 1 N–H and O–H groups in total. The Labute approximate surface area is 102 Å². The normalized spacial score (nSPS) is 9.25. The van der Waals surface area contributed by atoms with Crippen molar-refractivity contribution < 1.29 is 4.79 Å². The van der Waals surface area contributed by atoms with Crippen LogP contribution in [0.15, 0.2) is 5.38 Å². The van der Waals surface area contributed by atoms with Crippen molar-refractivity contribution in [1.82, 2.24) is 4.98 Å². The van der Waals surface area contributed by atoms with Crippen LogP contribution in [0, 0.1) is 6.92 Å². The smallest absolute Gasteiger partial charge is 0.226 e. The molecule has 16 heavy (non-hydrogen) atoms. The Morgan fingerprint density at radius 3 is 2.62 bits per heavy atom. The number of aryl methyl sites for hydroxylation is 1. The molecule has 1 heterocycles. The molecule has 0 aliphatic heterocycles. The zero-order chi connectivity index (χ0) is 12.4. The van der Waals surface area contributed by atoms with Crippen LogP contribution >= 0.6 is 11.3 Å². The largest absolute Gasteiger partial charge is 0.302 e. The molecule has 0 radical (unpaired) electrons. The second-order valence-electron chi connectivity index (χ2n) is 3.30. The van der Waals surface area contributed by atoms with Crippen LogP contribution in [-0.2, 0) is 4.79 Å². The van der Waals surface area contributed by atoms with Crippen molar-refractivity contribution in [2.24, 2.45) is 0 Å². The molecule has 1 aromatic heterocycles. The lowest BCUT2D eigenvalue weighted by Gasteiger charge is -2.00. The number of hydrogen-bond acceptors (Lipinski definition) is 3. The van der Waals surface area contributed by atoms with Crippen molar-refractivity contribution in [3.05, 3.63) is 11.1 Å². The standard InChI is InChI=1S/C10H16N2OS.C2H6/c1-3-4-5-6-9(13)12-10-11-8(2)7-14-10;1-2/h7H,3-6H2,1-2H3,(H,11,12,13);1-2H3. The average Bonchev–Trinajstić information content (AvgIpc) is 2.67. The number of hydrogen-bond donors (Lipinski definition) is 1. The van der Waals surface area contributed by atoms with E-state index >= 15 is 0 Å². The number of rotatable bonds is 5. The first-order valence-corrected chi connectivity index (χ1v) is 6.82. The highest BCUT2D eigenvalue weighted by Crippen LogP contribution is 2.14. The van der Waals surface area contributed by atoms with Gasteiger partial charge in [-0.25, -0.2) is 4.98 Å². The summed E-state index contributed by atoms with van der Waals surface area (Å²) < 4.78 is 0. The van der Waals surface area contributed by atoms with Gasteiger partial charge in [0, 0.05) is 11.8 Å². The van der Waals surface area contributed by atoms with E-state index in [9.17, 15) is 4.79 Å². The molecule has 0 aliphatic rings. The van der Waals surface area contributed by atoms with Gasteiger partial charge in [-0.3, -0.25) is 4.79 Å². The minimum Gasteiger partial charge on any atom is -0.302 e. The van der Waals surface area contributed by atoms with Crippen LogP contribution in [0.25, 0.3) is 0 Å². The van der Waals surface area contributed by atoms with Gasteiger partial charge in [0.15, 0.2) is 5.13 Å². The van der Waals surface area contributed by atoms with E-state index in [0.717, 1.165) is 25.0 Å². The summed E-state index contributed by atoms with van der Waals surface area (Å²) in [7, 11) is 0. The summed E-state index contributed by atoms with van der Waals surface area (Å²) >= 11 is 1.47. The number of unbranched alkanes of at least 4 members (excludes halogenated alkanes) is 2. The van der Waals surface area contributed by atoms with E-state index in [1.165, 1.54) is 11.3 Å². The van der Waals surface area contributed by atoms with Crippen LogP contribution in [0.2, 0.25) is 0 Å². The number of amides is 1. The number of anilines is 1. The Morgan fingerprint density at radius 2 is 2.12 bits per heavy atom. The van der Waals surface area contributed by atoms with Crippen LogP contribution in [0.3, 0.4) is 0 Å². The minimum atomic E-state index is 0.0767. The van der Waals surface area contributed by atoms with Gasteiger partial charge in [0.1, 0.15) is 0 Å². The summed E-state index contributed by atoms with van der Waals surface area (Å²) in [5.41, 5.74) is 0.957. The summed E-state index contributed by atoms with van der Waals surface area (Å²) in [4.78, 5) is 15.5. The molecule has 0 atom stereocenters. The number of nitrogens with zero attached hydrogens (tertiary/aromatic N) is 1. The molecule has 0 saturated heterocycles. The van der Waals surface area contributed by atoms with Crippen molar-refractivity contribution in [2.75, 3.05) is 5.32 Å². The molecule has 0 aliphatic carbocycles. The quantitative estimate of drug-likeness (QED) is 0.793. The number of carbonyl (C=O) groups is 1. The second kappa shape index (κ2) is 9.33. The van der Waals surface area contributed by atoms with Gasteiger partial charge in [0.2, 0.25) is 5.91 Å². The van der Waals surface area contributed by atoms with Gasteiger partial charge in [0.25, 0.3) is 0 Å². The monoisotopic (exact) mass is 242 g/mol. The SMILES string of the molecule is CC.CCCCCC(=O)Nc1nc(C)cs1. The highest BCUT2D eigenvalue weighted by atomic mass is 32.1. The predicted octanol–water partition coefficient (Wildman–Crippen LogP) is 4.00. The van der Waals surface area contributed by atoms with Gasteiger partial charge in [-0.1, -0.05) is 33.6 Å². The fraction of sp³-hybridized carbons (Fsp3) is 0.667. The maximum absolute atomic E-state index is 11.4. The van der Waals surface area contributed by atoms with Gasteiger partial charge in [-0.2, -0.15) is 0 Å². The molecule has 1 rings (SSSR count). The summed E-state index contributed by atoms with van der Waals surface area (Å²) in [6, 6.07) is 0. The number of aromatic nitrogens is 1. The Kier molecular flexibility index (Phi) is 8.81. The van der Waals surface area contributed by atoms with Crippen LogP contribution in [0.1, 0.15) is 52.1 Å². The average molecular weight is 242 g/mol. The molecule has 3 nitrogen and oxygen atoms in total. The summed E-state index contributed by atoms with van der Waals surface area (Å²) in [5.74, 6) is 0.0767. The number of thiazole rings is 1. The van der Waals surface area contributed by atoms with E-state index in [0.29, 0.717) is 11.6 Å². The molecule has 92 valence electrons. The molecule has 1 aromatic rings. The first kappa shape index (κ1) is 15.1. The lowest BCUT2D eigenvalue weighted by Crippen LogP contribution is -2.10. The third-order valence-electron chi connectivity index (χ3n) is 1.87. The summed E-state index contributed by atoms with van der Waals surface area (Å²) in [6.07, 6.45) is 3.83. The Balaban J connectivity index is 0.00000106. The molecule has 0 fully saturated rings. The minimum absolute atomic E-state index is 0.0767. The highest BCUT2D eigenvalue weighted by Gasteiger charge is 2.04. The molecule has 0 aromatic carbocycles. The molecule has 0 spiro atoms. The molecular formula is C12H22N2OS. The van der Waals surface area contributed by atoms with Crippen LogP contribution < -0.4 is 5.32 Å².